The molecule has 0 spiro atoms. The van der Waals surface area contributed by atoms with Crippen molar-refractivity contribution in [3.8, 4) is 6.07 Å². The van der Waals surface area contributed by atoms with Crippen LogP contribution < -0.4 is 5.32 Å². The van der Waals surface area contributed by atoms with Gasteiger partial charge in [-0.25, -0.2) is 0 Å². The number of nitrogens with zero attached hydrogens (tertiary/aromatic N) is 2. The van der Waals surface area contributed by atoms with Gasteiger partial charge in [-0.1, -0.05) is 19.8 Å². The fourth-order valence-corrected chi connectivity index (χ4v) is 3.70. The van der Waals surface area contributed by atoms with E-state index in [0.29, 0.717) is 18.1 Å². The number of rotatable bonds is 6. The van der Waals surface area contributed by atoms with E-state index in [0.717, 1.165) is 6.42 Å². The highest BCUT2D eigenvalue weighted by atomic mass is 15.2. The Kier molecular flexibility index (Phi) is 6.99. The summed E-state index contributed by atoms with van der Waals surface area (Å²) in [6.07, 6.45) is 7.48. The minimum atomic E-state index is -0.418. The molecule has 3 unspecified atom stereocenters. The Labute approximate surface area is 125 Å². The Morgan fingerprint density at radius 1 is 1.30 bits per heavy atom. The summed E-state index contributed by atoms with van der Waals surface area (Å²) in [6, 6.07) is 4.01. The van der Waals surface area contributed by atoms with Crippen LogP contribution in [0.3, 0.4) is 0 Å². The number of nitriles is 1. The van der Waals surface area contributed by atoms with E-state index in [4.69, 9.17) is 0 Å². The molecule has 0 aromatic heterocycles. The zero-order valence-corrected chi connectivity index (χ0v) is 14.1. The quantitative estimate of drug-likeness (QED) is 0.806. The lowest BCUT2D eigenvalue weighted by Gasteiger charge is -2.38. The predicted octanol–water partition coefficient (Wildman–Crippen LogP) is 3.70. The molecule has 1 heterocycles. The Morgan fingerprint density at radius 2 is 2.00 bits per heavy atom. The maximum Gasteiger partial charge on any atom is 0.105 e. The Hall–Kier alpha value is -0.590. The van der Waals surface area contributed by atoms with Crippen LogP contribution in [0.2, 0.25) is 0 Å². The summed E-state index contributed by atoms with van der Waals surface area (Å²) in [7, 11) is 0. The molecular weight excluding hydrogens is 246 g/mol. The molecular formula is C17H33N3. The van der Waals surface area contributed by atoms with E-state index >= 15 is 0 Å². The van der Waals surface area contributed by atoms with Gasteiger partial charge in [0.1, 0.15) is 5.54 Å². The first-order chi connectivity index (χ1) is 9.41. The highest BCUT2D eigenvalue weighted by Gasteiger charge is 2.32. The van der Waals surface area contributed by atoms with Crippen LogP contribution in [0.15, 0.2) is 0 Å². The first-order valence-electron chi connectivity index (χ1n) is 8.36. The van der Waals surface area contributed by atoms with Crippen LogP contribution in [0.5, 0.6) is 0 Å². The molecule has 1 N–H and O–H groups in total. The third-order valence-electron chi connectivity index (χ3n) is 4.52. The maximum atomic E-state index is 9.53. The van der Waals surface area contributed by atoms with Crippen LogP contribution in [0.4, 0.5) is 0 Å². The number of hydrogen-bond acceptors (Lipinski definition) is 3. The third-order valence-corrected chi connectivity index (χ3v) is 4.52. The van der Waals surface area contributed by atoms with Crippen molar-refractivity contribution < 1.29 is 0 Å². The standard InChI is InChI=1S/C17H33N3/c1-6-16-10-8-7-9-11-20(16)15(4)12-17(5,13-18)19-14(2)3/h14-16,19H,6-12H2,1-5H3. The van der Waals surface area contributed by atoms with Gasteiger partial charge in [-0.05, 0) is 59.9 Å². The van der Waals surface area contributed by atoms with Crippen molar-refractivity contribution in [3.05, 3.63) is 0 Å². The van der Waals surface area contributed by atoms with Crippen molar-refractivity contribution in [3.63, 3.8) is 0 Å². The van der Waals surface area contributed by atoms with E-state index in [-0.39, 0.29) is 0 Å². The molecule has 20 heavy (non-hydrogen) atoms. The molecule has 0 aromatic rings. The summed E-state index contributed by atoms with van der Waals surface area (Å²) in [5.74, 6) is 0. The molecule has 3 nitrogen and oxygen atoms in total. The fraction of sp³-hybridized carbons (Fsp3) is 0.941. The second kappa shape index (κ2) is 8.00. The minimum Gasteiger partial charge on any atom is -0.298 e. The molecule has 0 aliphatic carbocycles. The SMILES string of the molecule is CCC1CCCCCN1C(C)CC(C)(C#N)NC(C)C. The number of likely N-dealkylation sites (tertiary alicyclic amines) is 1. The molecule has 0 radical (unpaired) electrons. The third kappa shape index (κ3) is 5.07. The lowest BCUT2D eigenvalue weighted by atomic mass is 9.92. The van der Waals surface area contributed by atoms with Crippen molar-refractivity contribution in [2.45, 2.75) is 96.8 Å². The van der Waals surface area contributed by atoms with Crippen LogP contribution in [-0.2, 0) is 0 Å². The van der Waals surface area contributed by atoms with Gasteiger partial charge >= 0.3 is 0 Å². The van der Waals surface area contributed by atoms with E-state index < -0.39 is 5.54 Å². The zero-order valence-electron chi connectivity index (χ0n) is 14.1. The average molecular weight is 279 g/mol. The summed E-state index contributed by atoms with van der Waals surface area (Å²) in [6.45, 7) is 12.1. The summed E-state index contributed by atoms with van der Waals surface area (Å²) in [5.41, 5.74) is -0.418. The smallest absolute Gasteiger partial charge is 0.105 e. The summed E-state index contributed by atoms with van der Waals surface area (Å²) in [5, 5.41) is 13.0. The highest BCUT2D eigenvalue weighted by molar-refractivity contribution is 5.06. The van der Waals surface area contributed by atoms with Gasteiger partial charge in [0.15, 0.2) is 0 Å². The van der Waals surface area contributed by atoms with Crippen LogP contribution in [0, 0.1) is 11.3 Å². The molecule has 0 saturated carbocycles. The van der Waals surface area contributed by atoms with E-state index in [2.05, 4.69) is 44.0 Å². The summed E-state index contributed by atoms with van der Waals surface area (Å²) >= 11 is 0. The van der Waals surface area contributed by atoms with E-state index in [1.165, 1.54) is 38.6 Å². The first-order valence-corrected chi connectivity index (χ1v) is 8.36. The van der Waals surface area contributed by atoms with Crippen molar-refractivity contribution in [2.24, 2.45) is 0 Å². The Bertz CT molecular complexity index is 321. The summed E-state index contributed by atoms with van der Waals surface area (Å²) < 4.78 is 0. The molecule has 116 valence electrons. The number of nitrogens with one attached hydrogen (secondary N) is 1. The highest BCUT2D eigenvalue weighted by Crippen LogP contribution is 2.25. The molecule has 1 fully saturated rings. The molecule has 0 amide bonds. The topological polar surface area (TPSA) is 39.1 Å². The fourth-order valence-electron chi connectivity index (χ4n) is 3.70. The van der Waals surface area contributed by atoms with Crippen molar-refractivity contribution in [2.75, 3.05) is 6.54 Å². The first kappa shape index (κ1) is 17.5. The monoisotopic (exact) mass is 279 g/mol. The van der Waals surface area contributed by atoms with Crippen molar-refractivity contribution >= 4 is 0 Å². The molecule has 1 rings (SSSR count). The van der Waals surface area contributed by atoms with Gasteiger partial charge in [0, 0.05) is 18.1 Å². The molecule has 1 aliphatic heterocycles. The summed E-state index contributed by atoms with van der Waals surface area (Å²) in [4.78, 5) is 2.66. The normalized spacial score (nSPS) is 25.8. The van der Waals surface area contributed by atoms with Crippen LogP contribution in [0.25, 0.3) is 0 Å². The van der Waals surface area contributed by atoms with Crippen molar-refractivity contribution in [1.29, 1.82) is 5.26 Å². The minimum absolute atomic E-state index is 0.345. The maximum absolute atomic E-state index is 9.53. The van der Waals surface area contributed by atoms with Gasteiger partial charge in [0.05, 0.1) is 6.07 Å². The lowest BCUT2D eigenvalue weighted by Crippen LogP contribution is -2.51. The van der Waals surface area contributed by atoms with Gasteiger partial charge in [-0.15, -0.1) is 0 Å². The van der Waals surface area contributed by atoms with E-state index in [9.17, 15) is 5.26 Å². The largest absolute Gasteiger partial charge is 0.298 e. The number of hydrogen-bond donors (Lipinski definition) is 1. The van der Waals surface area contributed by atoms with E-state index in [1.54, 1.807) is 0 Å². The molecule has 3 heteroatoms. The zero-order chi connectivity index (χ0) is 15.2. The second-order valence-electron chi connectivity index (χ2n) is 6.95. The van der Waals surface area contributed by atoms with Gasteiger partial charge in [-0.3, -0.25) is 10.2 Å². The molecule has 0 bridgehead atoms. The van der Waals surface area contributed by atoms with Crippen LogP contribution in [-0.4, -0.2) is 35.1 Å². The van der Waals surface area contributed by atoms with Crippen molar-refractivity contribution in [1.82, 2.24) is 10.2 Å². The van der Waals surface area contributed by atoms with Gasteiger partial charge < -0.3 is 0 Å². The molecule has 3 atom stereocenters. The second-order valence-corrected chi connectivity index (χ2v) is 6.95. The van der Waals surface area contributed by atoms with Gasteiger partial charge in [0.25, 0.3) is 0 Å². The molecule has 1 saturated heterocycles. The Morgan fingerprint density at radius 3 is 2.55 bits per heavy atom. The predicted molar refractivity (Wildman–Crippen MR) is 85.6 cm³/mol. The molecule has 1 aliphatic rings. The Balaban J connectivity index is 2.71. The lowest BCUT2D eigenvalue weighted by molar-refractivity contribution is 0.119. The van der Waals surface area contributed by atoms with Crippen LogP contribution in [0.1, 0.15) is 73.1 Å². The van der Waals surface area contributed by atoms with E-state index in [1.807, 2.05) is 6.92 Å². The average Bonchev–Trinajstić information content (AvgIpc) is 2.62. The van der Waals surface area contributed by atoms with Gasteiger partial charge in [-0.2, -0.15) is 5.26 Å². The molecule has 0 aromatic carbocycles. The van der Waals surface area contributed by atoms with Gasteiger partial charge in [0.2, 0.25) is 0 Å². The van der Waals surface area contributed by atoms with Crippen LogP contribution >= 0.6 is 0 Å².